The van der Waals surface area contributed by atoms with E-state index in [1.165, 1.54) is 18.8 Å². The number of carbonyl (C=O) groups is 2. The molecule has 0 aromatic carbocycles. The molecule has 0 spiro atoms. The molecular formula is C10H12ClN3O2S. The van der Waals surface area contributed by atoms with Gasteiger partial charge in [0.15, 0.2) is 0 Å². The van der Waals surface area contributed by atoms with E-state index >= 15 is 0 Å². The Balaban J connectivity index is 2.60. The van der Waals surface area contributed by atoms with Gasteiger partial charge in [0.1, 0.15) is 5.03 Å². The molecule has 0 fully saturated rings. The number of nitrogens with one attached hydrogen (secondary N) is 2. The molecule has 17 heavy (non-hydrogen) atoms. The lowest BCUT2D eigenvalue weighted by atomic mass is 10.4. The summed E-state index contributed by atoms with van der Waals surface area (Å²) in [5.74, 6) is -0.393. The molecule has 3 amide bonds. The SMILES string of the molecule is CNC(=O)NC(=O)[C@@H](C)Sc1ncccc1Cl. The van der Waals surface area contributed by atoms with Crippen LogP contribution in [-0.4, -0.2) is 29.2 Å². The van der Waals surface area contributed by atoms with Gasteiger partial charge in [0.2, 0.25) is 5.91 Å². The van der Waals surface area contributed by atoms with Crippen LogP contribution in [-0.2, 0) is 4.79 Å². The maximum atomic E-state index is 11.6. The van der Waals surface area contributed by atoms with Crippen molar-refractivity contribution in [2.45, 2.75) is 17.2 Å². The van der Waals surface area contributed by atoms with Crippen LogP contribution in [0.1, 0.15) is 6.92 Å². The average Bonchev–Trinajstić information content (AvgIpc) is 2.31. The van der Waals surface area contributed by atoms with Crippen molar-refractivity contribution in [2.75, 3.05) is 7.05 Å². The maximum Gasteiger partial charge on any atom is 0.321 e. The smallest absolute Gasteiger partial charge is 0.321 e. The van der Waals surface area contributed by atoms with E-state index in [1.807, 2.05) is 0 Å². The Kier molecular flexibility index (Phi) is 5.24. The number of thioether (sulfide) groups is 1. The van der Waals surface area contributed by atoms with Gasteiger partial charge in [-0.1, -0.05) is 23.4 Å². The van der Waals surface area contributed by atoms with Crippen LogP contribution < -0.4 is 10.6 Å². The molecular weight excluding hydrogens is 262 g/mol. The highest BCUT2D eigenvalue weighted by Gasteiger charge is 2.18. The van der Waals surface area contributed by atoms with E-state index in [-0.39, 0.29) is 0 Å². The molecule has 0 aliphatic rings. The van der Waals surface area contributed by atoms with Gasteiger partial charge >= 0.3 is 6.03 Å². The first-order valence-corrected chi connectivity index (χ1v) is 6.10. The lowest BCUT2D eigenvalue weighted by molar-refractivity contribution is -0.119. The third-order valence-electron chi connectivity index (χ3n) is 1.85. The van der Waals surface area contributed by atoms with Crippen LogP contribution in [0.5, 0.6) is 0 Å². The largest absolute Gasteiger partial charge is 0.341 e. The van der Waals surface area contributed by atoms with Crippen molar-refractivity contribution >= 4 is 35.3 Å². The van der Waals surface area contributed by atoms with Crippen molar-refractivity contribution < 1.29 is 9.59 Å². The Bertz CT molecular complexity index is 428. The van der Waals surface area contributed by atoms with Crippen LogP contribution in [0.2, 0.25) is 5.02 Å². The van der Waals surface area contributed by atoms with Gasteiger partial charge in [0, 0.05) is 13.2 Å². The van der Waals surface area contributed by atoms with Crippen LogP contribution in [0.4, 0.5) is 4.79 Å². The fourth-order valence-corrected chi connectivity index (χ4v) is 2.01. The molecule has 0 bridgehead atoms. The first-order valence-electron chi connectivity index (χ1n) is 4.84. The lowest BCUT2D eigenvalue weighted by Crippen LogP contribution is -2.41. The Morgan fingerprint density at radius 2 is 2.24 bits per heavy atom. The number of hydrogen-bond donors (Lipinski definition) is 2. The fourth-order valence-electron chi connectivity index (χ4n) is 0.955. The predicted molar refractivity (Wildman–Crippen MR) is 67.2 cm³/mol. The van der Waals surface area contributed by atoms with Crippen LogP contribution in [0, 0.1) is 0 Å². The standard InChI is InChI=1S/C10H12ClN3O2S/c1-6(8(15)14-10(16)12-2)17-9-7(11)4-3-5-13-9/h3-6H,1-2H3,(H2,12,14,15,16)/t6-/m1/s1. The van der Waals surface area contributed by atoms with E-state index in [2.05, 4.69) is 15.6 Å². The second kappa shape index (κ2) is 6.46. The molecule has 1 rings (SSSR count). The van der Waals surface area contributed by atoms with E-state index in [0.29, 0.717) is 10.0 Å². The third-order valence-corrected chi connectivity index (χ3v) is 3.38. The Hall–Kier alpha value is -1.27. The third kappa shape index (κ3) is 4.24. The molecule has 0 saturated carbocycles. The summed E-state index contributed by atoms with van der Waals surface area (Å²) < 4.78 is 0. The van der Waals surface area contributed by atoms with Crippen molar-refractivity contribution in [1.82, 2.24) is 15.6 Å². The van der Waals surface area contributed by atoms with Crippen LogP contribution >= 0.6 is 23.4 Å². The number of carbonyl (C=O) groups excluding carboxylic acids is 2. The van der Waals surface area contributed by atoms with Crippen molar-refractivity contribution in [3.8, 4) is 0 Å². The predicted octanol–water partition coefficient (Wildman–Crippen LogP) is 1.67. The molecule has 7 heteroatoms. The summed E-state index contributed by atoms with van der Waals surface area (Å²) >= 11 is 7.11. The van der Waals surface area contributed by atoms with Crippen LogP contribution in [0.25, 0.3) is 0 Å². The number of nitrogens with zero attached hydrogens (tertiary/aromatic N) is 1. The minimum absolute atomic E-state index is 0.393. The van der Waals surface area contributed by atoms with E-state index in [1.54, 1.807) is 25.3 Å². The second-order valence-electron chi connectivity index (χ2n) is 3.12. The summed E-state index contributed by atoms with van der Waals surface area (Å²) in [5.41, 5.74) is 0. The highest BCUT2D eigenvalue weighted by atomic mass is 35.5. The summed E-state index contributed by atoms with van der Waals surface area (Å²) in [6, 6.07) is 2.87. The fraction of sp³-hybridized carbons (Fsp3) is 0.300. The summed E-state index contributed by atoms with van der Waals surface area (Å²) in [7, 11) is 1.44. The Morgan fingerprint density at radius 3 is 2.82 bits per heavy atom. The molecule has 1 aromatic heterocycles. The van der Waals surface area contributed by atoms with Gasteiger partial charge < -0.3 is 5.32 Å². The normalized spacial score (nSPS) is 11.7. The van der Waals surface area contributed by atoms with Gasteiger partial charge in [-0.3, -0.25) is 10.1 Å². The van der Waals surface area contributed by atoms with E-state index in [4.69, 9.17) is 11.6 Å². The van der Waals surface area contributed by atoms with Crippen LogP contribution in [0.3, 0.4) is 0 Å². The molecule has 5 nitrogen and oxygen atoms in total. The molecule has 0 saturated heterocycles. The zero-order valence-corrected chi connectivity index (χ0v) is 10.9. The average molecular weight is 274 g/mol. The lowest BCUT2D eigenvalue weighted by Gasteiger charge is -2.10. The highest BCUT2D eigenvalue weighted by molar-refractivity contribution is 8.00. The number of imide groups is 1. The molecule has 92 valence electrons. The number of rotatable bonds is 3. The van der Waals surface area contributed by atoms with Gasteiger partial charge in [-0.25, -0.2) is 9.78 Å². The number of urea groups is 1. The summed E-state index contributed by atoms with van der Waals surface area (Å²) in [6.07, 6.45) is 1.59. The maximum absolute atomic E-state index is 11.6. The molecule has 0 radical (unpaired) electrons. The second-order valence-corrected chi connectivity index (χ2v) is 4.86. The van der Waals surface area contributed by atoms with E-state index in [0.717, 1.165) is 0 Å². The number of pyridine rings is 1. The highest BCUT2D eigenvalue weighted by Crippen LogP contribution is 2.27. The monoisotopic (exact) mass is 273 g/mol. The molecule has 0 aliphatic carbocycles. The first-order chi connectivity index (χ1) is 8.04. The van der Waals surface area contributed by atoms with Crippen molar-refractivity contribution in [3.05, 3.63) is 23.4 Å². The van der Waals surface area contributed by atoms with Crippen molar-refractivity contribution in [3.63, 3.8) is 0 Å². The number of halogens is 1. The van der Waals surface area contributed by atoms with Crippen molar-refractivity contribution in [2.24, 2.45) is 0 Å². The minimum Gasteiger partial charge on any atom is -0.341 e. The van der Waals surface area contributed by atoms with Gasteiger partial charge in [0.05, 0.1) is 10.3 Å². The molecule has 0 unspecified atom stereocenters. The number of aromatic nitrogens is 1. The molecule has 0 aliphatic heterocycles. The van der Waals surface area contributed by atoms with E-state index < -0.39 is 17.2 Å². The molecule has 1 heterocycles. The topological polar surface area (TPSA) is 71.1 Å². The number of hydrogen-bond acceptors (Lipinski definition) is 4. The summed E-state index contributed by atoms with van der Waals surface area (Å²) in [4.78, 5) is 26.6. The molecule has 1 aromatic rings. The van der Waals surface area contributed by atoms with Gasteiger partial charge in [0.25, 0.3) is 0 Å². The summed E-state index contributed by atoms with van der Waals surface area (Å²) in [5, 5.41) is 5.08. The zero-order chi connectivity index (χ0) is 12.8. The molecule has 2 N–H and O–H groups in total. The van der Waals surface area contributed by atoms with Gasteiger partial charge in [-0.05, 0) is 19.1 Å². The Morgan fingerprint density at radius 1 is 1.53 bits per heavy atom. The van der Waals surface area contributed by atoms with Crippen molar-refractivity contribution in [1.29, 1.82) is 0 Å². The van der Waals surface area contributed by atoms with Gasteiger partial charge in [-0.2, -0.15) is 0 Å². The number of amides is 3. The van der Waals surface area contributed by atoms with E-state index in [9.17, 15) is 9.59 Å². The first kappa shape index (κ1) is 13.8. The van der Waals surface area contributed by atoms with Crippen LogP contribution in [0.15, 0.2) is 23.4 Å². The quantitative estimate of drug-likeness (QED) is 0.822. The molecule has 1 atom stereocenters. The zero-order valence-electron chi connectivity index (χ0n) is 9.36. The minimum atomic E-state index is -0.533. The summed E-state index contributed by atoms with van der Waals surface area (Å²) in [6.45, 7) is 1.67. The Labute approximate surface area is 108 Å². The van der Waals surface area contributed by atoms with Gasteiger partial charge in [-0.15, -0.1) is 0 Å².